The Balaban J connectivity index is 1.05. The van der Waals surface area contributed by atoms with Crippen molar-refractivity contribution < 1.29 is 53.3 Å². The third-order valence-electron chi connectivity index (χ3n) is 14.0. The standard InChI is InChI=1S/C41H63NO11/c1-21-5-6-25-7-9-32-22(2)13-27(49-32)11-12-41(46)19-31(45)28-17-30-37(28)52-33-10-8-26(50-40(33)39(30)53-41)14-23(43)15-29-35(18-34(21)48-25)51-36(38(29)47-4)16-24(44)20-42-3/h24-40,42,44-46H,1-2,5-20H2,3-4H3. The van der Waals surface area contributed by atoms with Gasteiger partial charge in [0, 0.05) is 69.9 Å². The number of hydrogen-bond donors (Lipinski definition) is 4. The van der Waals surface area contributed by atoms with Crippen LogP contribution in [0.3, 0.4) is 0 Å². The third-order valence-corrected chi connectivity index (χ3v) is 14.0. The van der Waals surface area contributed by atoms with Crippen LogP contribution in [-0.4, -0.2) is 133 Å². The summed E-state index contributed by atoms with van der Waals surface area (Å²) in [5.74, 6) is -1.70. The maximum absolute atomic E-state index is 14.1. The van der Waals surface area contributed by atoms with Crippen LogP contribution in [0, 0.1) is 17.8 Å². The van der Waals surface area contributed by atoms with Gasteiger partial charge in [-0.25, -0.2) is 0 Å². The van der Waals surface area contributed by atoms with Gasteiger partial charge in [-0.05, 0) is 76.0 Å². The van der Waals surface area contributed by atoms with Gasteiger partial charge in [0.05, 0.1) is 79.4 Å². The van der Waals surface area contributed by atoms with Crippen molar-refractivity contribution in [3.05, 3.63) is 24.3 Å². The van der Waals surface area contributed by atoms with E-state index in [4.69, 9.17) is 33.2 Å². The van der Waals surface area contributed by atoms with Crippen molar-refractivity contribution in [3.8, 4) is 0 Å². The smallest absolute Gasteiger partial charge is 0.168 e. The normalized spacial score (nSPS) is 49.6. The molecule has 8 saturated heterocycles. The first-order chi connectivity index (χ1) is 25.5. The van der Waals surface area contributed by atoms with Gasteiger partial charge in [0.15, 0.2) is 5.79 Å². The molecule has 0 aromatic carbocycles. The fourth-order valence-electron chi connectivity index (χ4n) is 11.2. The third kappa shape index (κ3) is 7.99. The van der Waals surface area contributed by atoms with Crippen LogP contribution in [0.5, 0.6) is 0 Å². The predicted molar refractivity (Wildman–Crippen MR) is 193 cm³/mol. The lowest BCUT2D eigenvalue weighted by Crippen LogP contribution is -2.70. The molecule has 0 amide bonds. The minimum atomic E-state index is -1.53. The van der Waals surface area contributed by atoms with Gasteiger partial charge in [-0.1, -0.05) is 13.2 Å². The van der Waals surface area contributed by atoms with Crippen LogP contribution in [0.2, 0.25) is 0 Å². The zero-order chi connectivity index (χ0) is 37.0. The Morgan fingerprint density at radius 2 is 1.62 bits per heavy atom. The molecule has 11 bridgehead atoms. The summed E-state index contributed by atoms with van der Waals surface area (Å²) >= 11 is 0. The highest BCUT2D eigenvalue weighted by Gasteiger charge is 2.62. The molecule has 9 rings (SSSR count). The highest BCUT2D eigenvalue weighted by Crippen LogP contribution is 2.54. The van der Waals surface area contributed by atoms with E-state index < -0.39 is 30.2 Å². The molecular weight excluding hydrogens is 682 g/mol. The van der Waals surface area contributed by atoms with Crippen LogP contribution < -0.4 is 5.32 Å². The number of nitrogens with one attached hydrogen (secondary N) is 1. The first-order valence-corrected chi connectivity index (χ1v) is 20.6. The van der Waals surface area contributed by atoms with E-state index in [1.54, 1.807) is 7.11 Å². The Labute approximate surface area is 314 Å². The van der Waals surface area contributed by atoms with Crippen molar-refractivity contribution in [2.45, 2.75) is 188 Å². The molecule has 0 spiro atoms. The molecule has 298 valence electrons. The van der Waals surface area contributed by atoms with Gasteiger partial charge in [-0.2, -0.15) is 0 Å². The Morgan fingerprint density at radius 1 is 0.830 bits per heavy atom. The molecule has 4 N–H and O–H groups in total. The summed E-state index contributed by atoms with van der Waals surface area (Å²) in [7, 11) is 3.47. The highest BCUT2D eigenvalue weighted by molar-refractivity contribution is 5.79. The van der Waals surface area contributed by atoms with Crippen LogP contribution in [0.15, 0.2) is 24.3 Å². The number of fused-ring (bicyclic) bond motifs is 7. The summed E-state index contributed by atoms with van der Waals surface area (Å²) in [6, 6.07) is 0. The number of Topliss-reactive ketones (excluding diaryl/α,β-unsaturated/α-hetero) is 1. The van der Waals surface area contributed by atoms with Gasteiger partial charge in [-0.15, -0.1) is 0 Å². The fourth-order valence-corrected chi connectivity index (χ4v) is 11.2. The van der Waals surface area contributed by atoms with E-state index in [0.29, 0.717) is 38.6 Å². The lowest BCUT2D eigenvalue weighted by Gasteiger charge is -2.61. The summed E-state index contributed by atoms with van der Waals surface area (Å²) in [4.78, 5) is 14.1. The zero-order valence-electron chi connectivity index (χ0n) is 31.7. The Bertz CT molecular complexity index is 1350. The molecule has 0 aromatic rings. The van der Waals surface area contributed by atoms with Crippen molar-refractivity contribution >= 4 is 5.78 Å². The largest absolute Gasteiger partial charge is 0.393 e. The topological polar surface area (TPSA) is 154 Å². The average Bonchev–Trinajstić information content (AvgIpc) is 3.62. The molecule has 0 radical (unpaired) electrons. The lowest BCUT2D eigenvalue weighted by molar-refractivity contribution is -0.369. The molecular formula is C41H63NO11. The lowest BCUT2D eigenvalue weighted by atomic mass is 9.61. The number of rotatable bonds is 5. The van der Waals surface area contributed by atoms with Crippen molar-refractivity contribution in [3.63, 3.8) is 0 Å². The maximum Gasteiger partial charge on any atom is 0.168 e. The predicted octanol–water partition coefficient (Wildman–Crippen LogP) is 3.28. The second-order valence-electron chi connectivity index (χ2n) is 17.7. The van der Waals surface area contributed by atoms with Gasteiger partial charge < -0.3 is 53.8 Å². The summed E-state index contributed by atoms with van der Waals surface area (Å²) in [6.07, 6.45) is 4.59. The monoisotopic (exact) mass is 745 g/mol. The minimum absolute atomic E-state index is 0.0140. The van der Waals surface area contributed by atoms with E-state index in [0.717, 1.165) is 56.1 Å². The van der Waals surface area contributed by atoms with Gasteiger partial charge in [0.1, 0.15) is 11.9 Å². The number of methoxy groups -OCH3 is 1. The van der Waals surface area contributed by atoms with Gasteiger partial charge in [0.2, 0.25) is 0 Å². The fraction of sp³-hybridized carbons (Fsp3) is 0.878. The summed E-state index contributed by atoms with van der Waals surface area (Å²) in [6.45, 7) is 9.19. The molecule has 9 fully saturated rings. The van der Waals surface area contributed by atoms with Gasteiger partial charge in [0.25, 0.3) is 0 Å². The number of ether oxygens (including phenoxy) is 7. The SMILES string of the molecule is C=C1CC2CCC3(O)CC(O)C4CC5C4OC4CCC(CC(=O)CC6C(CC7OC(CCC7=C)CCC1O2)OC(CC(O)CNC)C6OC)OC4C5O3. The second-order valence-corrected chi connectivity index (χ2v) is 17.7. The number of carbonyl (C=O) groups is 1. The molecule has 1 aliphatic carbocycles. The Hall–Kier alpha value is -1.29. The molecule has 1 saturated carbocycles. The summed E-state index contributed by atoms with van der Waals surface area (Å²) < 4.78 is 46.1. The van der Waals surface area contributed by atoms with Gasteiger partial charge >= 0.3 is 0 Å². The second kappa shape index (κ2) is 15.9. The Morgan fingerprint density at radius 3 is 2.43 bits per heavy atom. The number of carbonyl (C=O) groups excluding carboxylic acids is 1. The van der Waals surface area contributed by atoms with E-state index in [2.05, 4.69) is 18.5 Å². The van der Waals surface area contributed by atoms with Crippen LogP contribution in [0.1, 0.15) is 96.3 Å². The van der Waals surface area contributed by atoms with Crippen molar-refractivity contribution in [2.24, 2.45) is 17.8 Å². The quantitative estimate of drug-likeness (QED) is 0.306. The molecule has 18 atom stereocenters. The van der Waals surface area contributed by atoms with Crippen molar-refractivity contribution in [1.29, 1.82) is 0 Å². The number of ketones is 1. The first-order valence-electron chi connectivity index (χ1n) is 20.6. The van der Waals surface area contributed by atoms with Crippen LogP contribution in [0.4, 0.5) is 0 Å². The van der Waals surface area contributed by atoms with E-state index >= 15 is 0 Å². The zero-order valence-corrected chi connectivity index (χ0v) is 31.7. The van der Waals surface area contributed by atoms with E-state index in [1.807, 2.05) is 7.05 Å². The molecule has 9 aliphatic rings. The molecule has 8 heterocycles. The van der Waals surface area contributed by atoms with Crippen molar-refractivity contribution in [2.75, 3.05) is 20.7 Å². The van der Waals surface area contributed by atoms with Crippen LogP contribution >= 0.6 is 0 Å². The average molecular weight is 746 g/mol. The molecule has 12 heteroatoms. The molecule has 12 nitrogen and oxygen atoms in total. The van der Waals surface area contributed by atoms with Crippen LogP contribution in [0.25, 0.3) is 0 Å². The summed E-state index contributed by atoms with van der Waals surface area (Å²) in [5, 5.41) is 37.1. The number of hydrogen-bond acceptors (Lipinski definition) is 12. The van der Waals surface area contributed by atoms with Crippen LogP contribution in [-0.2, 0) is 38.0 Å². The first kappa shape index (κ1) is 38.6. The molecule has 0 aromatic heterocycles. The number of aliphatic hydroxyl groups excluding tert-OH is 2. The molecule has 18 unspecified atom stereocenters. The van der Waals surface area contributed by atoms with Gasteiger partial charge in [-0.3, -0.25) is 4.79 Å². The minimum Gasteiger partial charge on any atom is -0.393 e. The number of aliphatic hydroxyl groups is 3. The Kier molecular flexibility index (Phi) is 11.6. The van der Waals surface area contributed by atoms with E-state index in [9.17, 15) is 20.1 Å². The van der Waals surface area contributed by atoms with Crippen molar-refractivity contribution in [1.82, 2.24) is 5.32 Å². The summed E-state index contributed by atoms with van der Waals surface area (Å²) in [5.41, 5.74) is 2.11. The highest BCUT2D eigenvalue weighted by atomic mass is 16.7. The van der Waals surface area contributed by atoms with E-state index in [1.165, 1.54) is 0 Å². The molecule has 8 aliphatic heterocycles. The molecule has 53 heavy (non-hydrogen) atoms. The number of likely N-dealkylation sites (N-methyl/N-ethyl adjacent to an activating group) is 1. The van der Waals surface area contributed by atoms with E-state index in [-0.39, 0.29) is 104 Å². The maximum atomic E-state index is 14.1.